The molecule has 11 nitrogen and oxygen atoms in total. The van der Waals surface area contributed by atoms with E-state index in [4.69, 9.17) is 15.6 Å². The van der Waals surface area contributed by atoms with Crippen molar-refractivity contribution in [3.8, 4) is 0 Å². The quantitative estimate of drug-likeness (QED) is 0.318. The highest BCUT2D eigenvalue weighted by Crippen LogP contribution is 2.35. The maximum atomic E-state index is 11.7. The van der Waals surface area contributed by atoms with Crippen LogP contribution in [-0.4, -0.2) is 67.9 Å². The first-order valence-electron chi connectivity index (χ1n) is 6.13. The fourth-order valence-electron chi connectivity index (χ4n) is 2.42. The molecule has 7 N–H and O–H groups in total. The van der Waals surface area contributed by atoms with Crippen molar-refractivity contribution < 1.29 is 25.2 Å². The van der Waals surface area contributed by atoms with Crippen molar-refractivity contribution in [2.45, 2.75) is 30.9 Å². The summed E-state index contributed by atoms with van der Waals surface area (Å²) in [5.74, 6) is -0.265. The van der Waals surface area contributed by atoms with Gasteiger partial charge in [-0.1, -0.05) is 0 Å². The van der Waals surface area contributed by atoms with Crippen molar-refractivity contribution in [1.29, 1.82) is 0 Å². The average molecular weight is 300 g/mol. The van der Waals surface area contributed by atoms with Gasteiger partial charge in [0, 0.05) is 0 Å². The second kappa shape index (κ2) is 4.82. The zero-order valence-electron chi connectivity index (χ0n) is 10.6. The van der Waals surface area contributed by atoms with E-state index in [0.717, 1.165) is 4.90 Å². The number of aliphatic hydroxyl groups excluding tert-OH is 4. The summed E-state index contributed by atoms with van der Waals surface area (Å²) < 4.78 is 5.29. The Morgan fingerprint density at radius 1 is 1.33 bits per heavy atom. The van der Waals surface area contributed by atoms with E-state index < -0.39 is 43.1 Å². The van der Waals surface area contributed by atoms with E-state index in [1.54, 1.807) is 0 Å². The molecule has 21 heavy (non-hydrogen) atoms. The number of aromatic amines is 1. The highest BCUT2D eigenvalue weighted by Gasteiger charge is 2.50. The molecular weight excluding hydrogens is 286 g/mol. The third-order valence-electron chi connectivity index (χ3n) is 3.42. The Hall–Kier alpha value is -1.92. The van der Waals surface area contributed by atoms with Gasteiger partial charge in [0.2, 0.25) is 12.3 Å². The lowest BCUT2D eigenvalue weighted by atomic mass is 10.1. The van der Waals surface area contributed by atoms with Gasteiger partial charge in [-0.3, -0.25) is 14.7 Å². The molecule has 5 atom stereocenters. The second-order valence-corrected chi connectivity index (χ2v) is 4.74. The number of nitrogens with zero attached hydrogens (tertiary/aromatic N) is 3. The van der Waals surface area contributed by atoms with E-state index in [9.17, 15) is 20.1 Å². The summed E-state index contributed by atoms with van der Waals surface area (Å²) >= 11 is 0. The number of nitrogens with one attached hydrogen (secondary N) is 1. The second-order valence-electron chi connectivity index (χ2n) is 4.74. The van der Waals surface area contributed by atoms with Crippen LogP contribution in [0.1, 0.15) is 0 Å². The first-order valence-corrected chi connectivity index (χ1v) is 6.13. The normalized spacial score (nSPS) is 34.9. The average Bonchev–Trinajstić information content (AvgIpc) is 2.89. The Morgan fingerprint density at radius 2 is 2.05 bits per heavy atom. The number of hydrogen-bond acceptors (Lipinski definition) is 9. The van der Waals surface area contributed by atoms with Crippen LogP contribution in [0.4, 0.5) is 17.5 Å². The number of aromatic nitrogens is 2. The molecule has 1 unspecified atom stereocenters. The van der Waals surface area contributed by atoms with Crippen molar-refractivity contribution in [3.63, 3.8) is 0 Å². The van der Waals surface area contributed by atoms with Crippen LogP contribution >= 0.6 is 0 Å². The number of anilines is 2. The molecule has 0 aromatic carbocycles. The summed E-state index contributed by atoms with van der Waals surface area (Å²) in [7, 11) is 0. The SMILES string of the molecule is Nc1nc2c(c(=O)[nH]1)[N]C(O)N2[C@@H]1O[C@H](CO)[C@@H](O)[C@H]1O. The lowest BCUT2D eigenvalue weighted by molar-refractivity contribution is -0.0358. The molecule has 1 aromatic rings. The molecule has 1 fully saturated rings. The topological polar surface area (TPSA) is 179 Å². The summed E-state index contributed by atoms with van der Waals surface area (Å²) in [5.41, 5.74) is 4.64. The Morgan fingerprint density at radius 3 is 2.67 bits per heavy atom. The van der Waals surface area contributed by atoms with E-state index in [-0.39, 0.29) is 17.5 Å². The fourth-order valence-corrected chi connectivity index (χ4v) is 2.42. The Kier molecular flexibility index (Phi) is 3.22. The van der Waals surface area contributed by atoms with Crippen molar-refractivity contribution >= 4 is 17.5 Å². The lowest BCUT2D eigenvalue weighted by Crippen LogP contribution is -2.49. The van der Waals surface area contributed by atoms with Gasteiger partial charge in [-0.2, -0.15) is 4.98 Å². The van der Waals surface area contributed by atoms with Crippen LogP contribution in [0.2, 0.25) is 0 Å². The lowest BCUT2D eigenvalue weighted by Gasteiger charge is -2.29. The minimum Gasteiger partial charge on any atom is -0.394 e. The summed E-state index contributed by atoms with van der Waals surface area (Å²) in [6.07, 6.45) is -6.57. The molecule has 0 spiro atoms. The van der Waals surface area contributed by atoms with E-state index in [0.29, 0.717) is 0 Å². The Balaban J connectivity index is 2.00. The molecule has 115 valence electrons. The largest absolute Gasteiger partial charge is 0.394 e. The predicted molar refractivity (Wildman–Crippen MR) is 67.3 cm³/mol. The maximum Gasteiger partial charge on any atom is 0.280 e. The number of nitrogens with two attached hydrogens (primary N) is 1. The van der Waals surface area contributed by atoms with Crippen LogP contribution in [0.3, 0.4) is 0 Å². The molecule has 3 rings (SSSR count). The van der Waals surface area contributed by atoms with Gasteiger partial charge in [0.05, 0.1) is 6.61 Å². The van der Waals surface area contributed by atoms with Gasteiger partial charge in [0.15, 0.2) is 17.7 Å². The van der Waals surface area contributed by atoms with Crippen molar-refractivity contribution in [1.82, 2.24) is 15.3 Å². The molecule has 2 aliphatic rings. The number of aliphatic hydroxyl groups is 4. The zero-order chi connectivity index (χ0) is 15.3. The van der Waals surface area contributed by atoms with Crippen molar-refractivity contribution in [2.24, 2.45) is 0 Å². The summed E-state index contributed by atoms with van der Waals surface area (Å²) in [6, 6.07) is 0. The number of ether oxygens (including phenoxy) is 1. The monoisotopic (exact) mass is 300 g/mol. The highest BCUT2D eigenvalue weighted by molar-refractivity contribution is 5.66. The number of hydrogen-bond donors (Lipinski definition) is 6. The third kappa shape index (κ3) is 2.02. The predicted octanol–water partition coefficient (Wildman–Crippen LogP) is -3.88. The maximum absolute atomic E-state index is 11.7. The molecule has 0 bridgehead atoms. The molecule has 1 radical (unpaired) electrons. The molecule has 0 saturated carbocycles. The smallest absolute Gasteiger partial charge is 0.280 e. The van der Waals surface area contributed by atoms with Gasteiger partial charge in [0.1, 0.15) is 18.3 Å². The minimum absolute atomic E-state index is 0.0708. The molecule has 3 heterocycles. The van der Waals surface area contributed by atoms with Crippen LogP contribution in [0.25, 0.3) is 0 Å². The van der Waals surface area contributed by atoms with Gasteiger partial charge in [0.25, 0.3) is 5.56 Å². The van der Waals surface area contributed by atoms with E-state index >= 15 is 0 Å². The highest BCUT2D eigenvalue weighted by atomic mass is 16.6. The van der Waals surface area contributed by atoms with Crippen LogP contribution in [-0.2, 0) is 4.74 Å². The fraction of sp³-hybridized carbons (Fsp3) is 0.600. The van der Waals surface area contributed by atoms with Gasteiger partial charge in [-0.15, -0.1) is 0 Å². The molecule has 2 aliphatic heterocycles. The van der Waals surface area contributed by atoms with Gasteiger partial charge in [-0.25, -0.2) is 5.32 Å². The number of nitrogen functional groups attached to an aromatic ring is 1. The third-order valence-corrected chi connectivity index (χ3v) is 3.42. The summed E-state index contributed by atoms with van der Waals surface area (Å²) in [5, 5.41) is 42.4. The first kappa shape index (κ1) is 14.0. The molecule has 1 saturated heterocycles. The van der Waals surface area contributed by atoms with Crippen LogP contribution in [0, 0.1) is 0 Å². The summed E-state index contributed by atoms with van der Waals surface area (Å²) in [6.45, 7) is -0.520. The Labute approximate surface area is 117 Å². The minimum atomic E-state index is -1.53. The number of rotatable bonds is 2. The van der Waals surface area contributed by atoms with Crippen LogP contribution < -0.4 is 21.5 Å². The molecule has 0 amide bonds. The van der Waals surface area contributed by atoms with Crippen molar-refractivity contribution in [2.75, 3.05) is 17.2 Å². The molecule has 1 aromatic heterocycles. The van der Waals surface area contributed by atoms with E-state index in [1.807, 2.05) is 0 Å². The van der Waals surface area contributed by atoms with Gasteiger partial charge >= 0.3 is 0 Å². The van der Waals surface area contributed by atoms with Gasteiger partial charge < -0.3 is 30.9 Å². The van der Waals surface area contributed by atoms with Gasteiger partial charge in [-0.05, 0) is 0 Å². The summed E-state index contributed by atoms with van der Waals surface area (Å²) in [4.78, 5) is 18.8. The standard InChI is InChI=1S/C10H14N5O6/c11-9-13-6-3(7(19)14-9)12-10(20)15(6)8-5(18)4(17)2(1-16)21-8/h2,4-5,8,10,16-18,20H,1H2,(H3,11,13,14,19)/t2-,4-,5-,8-,10?/m1/s1. The zero-order valence-corrected chi connectivity index (χ0v) is 10.6. The Bertz CT molecular complexity index is 608. The van der Waals surface area contributed by atoms with Crippen molar-refractivity contribution in [3.05, 3.63) is 10.4 Å². The van der Waals surface area contributed by atoms with E-state index in [2.05, 4.69) is 15.3 Å². The van der Waals surface area contributed by atoms with Crippen LogP contribution in [0.5, 0.6) is 0 Å². The molecule has 11 heteroatoms. The molecular formula is C10H14N5O6. The first-order chi connectivity index (χ1) is 9.93. The van der Waals surface area contributed by atoms with Crippen LogP contribution in [0.15, 0.2) is 4.79 Å². The number of fused-ring (bicyclic) bond motifs is 1. The number of H-pyrrole nitrogens is 1. The molecule has 0 aliphatic carbocycles. The van der Waals surface area contributed by atoms with E-state index in [1.165, 1.54) is 0 Å².